The van der Waals surface area contributed by atoms with Crippen LogP contribution >= 0.6 is 12.2 Å². The predicted molar refractivity (Wildman–Crippen MR) is 68.6 cm³/mol. The third kappa shape index (κ3) is 4.26. The Hall–Kier alpha value is -1.74. The van der Waals surface area contributed by atoms with Gasteiger partial charge >= 0.3 is 6.09 Å². The van der Waals surface area contributed by atoms with Crippen LogP contribution in [0.4, 0.5) is 16.2 Å². The number of nitrogens with one attached hydrogen (secondary N) is 3. The van der Waals surface area contributed by atoms with E-state index in [1.54, 1.807) is 25.1 Å². The Morgan fingerprint density at radius 2 is 2.22 bits per heavy atom. The van der Waals surface area contributed by atoms with E-state index in [1.165, 1.54) is 6.07 Å². The van der Waals surface area contributed by atoms with E-state index in [-0.39, 0.29) is 17.4 Å². The lowest BCUT2D eigenvalue weighted by Gasteiger charge is -2.16. The van der Waals surface area contributed by atoms with Crippen molar-refractivity contribution in [3.8, 4) is 0 Å². The largest absolute Gasteiger partial charge is 0.595 e. The van der Waals surface area contributed by atoms with E-state index in [4.69, 9.17) is 17.4 Å². The molecule has 7 nitrogen and oxygen atoms in total. The Balaban J connectivity index is 2.67. The summed E-state index contributed by atoms with van der Waals surface area (Å²) in [6.45, 7) is 1.88. The van der Waals surface area contributed by atoms with E-state index >= 15 is 0 Å². The number of anilines is 1. The van der Waals surface area contributed by atoms with Gasteiger partial charge in [-0.2, -0.15) is 5.23 Å². The highest BCUT2D eigenvalue weighted by atomic mass is 32.1. The smallest absolute Gasteiger partial charge is 0.413 e. The Labute approximate surface area is 109 Å². The van der Waals surface area contributed by atoms with Crippen LogP contribution in [0.3, 0.4) is 0 Å². The van der Waals surface area contributed by atoms with Crippen molar-refractivity contribution < 1.29 is 20.0 Å². The molecule has 0 aromatic heterocycles. The zero-order chi connectivity index (χ0) is 13.5. The fourth-order valence-corrected chi connectivity index (χ4v) is 1.39. The van der Waals surface area contributed by atoms with Gasteiger partial charge in [-0.1, -0.05) is 12.1 Å². The second-order valence-corrected chi connectivity index (χ2v) is 3.56. The number of ether oxygens (including phenoxy) is 1. The van der Waals surface area contributed by atoms with Gasteiger partial charge in [-0.15, -0.1) is 0 Å². The second-order valence-electron chi connectivity index (χ2n) is 3.15. The van der Waals surface area contributed by atoms with E-state index in [0.717, 1.165) is 0 Å². The average Bonchev–Trinajstić information content (AvgIpc) is 2.29. The fourth-order valence-electron chi connectivity index (χ4n) is 1.19. The van der Waals surface area contributed by atoms with Crippen LogP contribution in [-0.2, 0) is 4.74 Å². The van der Waals surface area contributed by atoms with Crippen LogP contribution in [0.5, 0.6) is 0 Å². The molecule has 0 radical (unpaired) electrons. The number of carbonyl (C=O) groups excluding carboxylic acids is 1. The van der Waals surface area contributed by atoms with Crippen molar-refractivity contribution in [2.24, 2.45) is 0 Å². The summed E-state index contributed by atoms with van der Waals surface area (Å²) in [4.78, 5) is 11.1. The topological polar surface area (TPSA) is 98.1 Å². The zero-order valence-corrected chi connectivity index (χ0v) is 10.4. The number of amides is 1. The summed E-state index contributed by atoms with van der Waals surface area (Å²) in [5.74, 6) is 0. The lowest BCUT2D eigenvalue weighted by atomic mass is 10.3. The molecule has 0 bridgehead atoms. The molecule has 0 heterocycles. The molecule has 0 aliphatic heterocycles. The van der Waals surface area contributed by atoms with Crippen molar-refractivity contribution in [2.45, 2.75) is 6.92 Å². The van der Waals surface area contributed by atoms with Crippen LogP contribution in [-0.4, -0.2) is 23.0 Å². The molecule has 0 aliphatic carbocycles. The summed E-state index contributed by atoms with van der Waals surface area (Å²) < 4.78 is 4.63. The first kappa shape index (κ1) is 14.3. The molecule has 4 N–H and O–H groups in total. The zero-order valence-electron chi connectivity index (χ0n) is 9.60. The number of carbonyl (C=O) groups is 1. The third-order valence-electron chi connectivity index (χ3n) is 1.90. The van der Waals surface area contributed by atoms with E-state index in [0.29, 0.717) is 5.69 Å². The number of alkyl carbamates (subject to hydrolysis) is 1. The summed E-state index contributed by atoms with van der Waals surface area (Å²) in [5.41, 5.74) is 0.359. The van der Waals surface area contributed by atoms with Crippen LogP contribution in [0, 0.1) is 5.21 Å². The molecule has 18 heavy (non-hydrogen) atoms. The van der Waals surface area contributed by atoms with Crippen molar-refractivity contribution in [1.82, 2.24) is 5.32 Å². The normalized spacial score (nSPS) is 11.5. The van der Waals surface area contributed by atoms with Gasteiger partial charge in [-0.3, -0.25) is 5.32 Å². The van der Waals surface area contributed by atoms with E-state index < -0.39 is 11.3 Å². The molecule has 0 saturated heterocycles. The maximum Gasteiger partial charge on any atom is 0.413 e. The number of hydrogen-bond donors (Lipinski definition) is 4. The lowest BCUT2D eigenvalue weighted by Crippen LogP contribution is -2.99. The molecule has 0 saturated carbocycles. The predicted octanol–water partition coefficient (Wildman–Crippen LogP) is 0.533. The van der Waals surface area contributed by atoms with Crippen molar-refractivity contribution in [2.75, 3.05) is 11.9 Å². The number of benzene rings is 1. The molecule has 1 aromatic rings. The summed E-state index contributed by atoms with van der Waals surface area (Å²) in [6.07, 6.45) is -0.692. The van der Waals surface area contributed by atoms with Crippen molar-refractivity contribution in [1.29, 1.82) is 0 Å². The van der Waals surface area contributed by atoms with E-state index in [2.05, 4.69) is 15.4 Å². The monoisotopic (exact) mass is 271 g/mol. The van der Waals surface area contributed by atoms with Gasteiger partial charge in [0.05, 0.1) is 6.61 Å². The Bertz CT molecular complexity index is 439. The van der Waals surface area contributed by atoms with Crippen LogP contribution in [0.2, 0.25) is 0 Å². The third-order valence-corrected chi connectivity index (χ3v) is 2.10. The summed E-state index contributed by atoms with van der Waals surface area (Å²) >= 11 is 4.86. The highest BCUT2D eigenvalue weighted by Gasteiger charge is 2.10. The van der Waals surface area contributed by atoms with Crippen molar-refractivity contribution in [3.05, 3.63) is 29.5 Å². The quantitative estimate of drug-likeness (QED) is 0.473. The van der Waals surface area contributed by atoms with Gasteiger partial charge in [0.1, 0.15) is 5.69 Å². The van der Waals surface area contributed by atoms with Gasteiger partial charge in [0, 0.05) is 6.07 Å². The van der Waals surface area contributed by atoms with Gasteiger partial charge in [0.2, 0.25) is 0 Å². The minimum Gasteiger partial charge on any atom is -0.595 e. The number of thiocarbonyl (C=S) groups is 1. The minimum atomic E-state index is -1.09. The standard InChI is InChI=1S/C10H13N3O4S/c1-2-17-10(14)12-9(18)11-7-5-3-4-6-8(7)13(15)16/h3-6,13,15H,2H2,1H3,(H2,11,12,14,18). The maximum atomic E-state index is 11.1. The van der Waals surface area contributed by atoms with Crippen molar-refractivity contribution in [3.63, 3.8) is 0 Å². The van der Waals surface area contributed by atoms with Crippen LogP contribution < -0.4 is 15.9 Å². The van der Waals surface area contributed by atoms with E-state index in [9.17, 15) is 10.0 Å². The van der Waals surface area contributed by atoms with Crippen LogP contribution in [0.1, 0.15) is 6.92 Å². The number of hydrogen-bond acceptors (Lipinski definition) is 5. The van der Waals surface area contributed by atoms with Gasteiger partial charge < -0.3 is 15.3 Å². The molecule has 1 rings (SSSR count). The molecule has 1 atom stereocenters. The number of quaternary nitrogens is 1. The second kappa shape index (κ2) is 6.87. The molecular formula is C10H13N3O4S. The number of rotatable bonds is 3. The van der Waals surface area contributed by atoms with Gasteiger partial charge in [0.15, 0.2) is 10.8 Å². The highest BCUT2D eigenvalue weighted by molar-refractivity contribution is 7.80. The lowest BCUT2D eigenvalue weighted by molar-refractivity contribution is -0.990. The molecule has 0 aliphatic rings. The molecule has 98 valence electrons. The molecule has 1 amide bonds. The minimum absolute atomic E-state index is 0.0258. The molecule has 1 unspecified atom stereocenters. The van der Waals surface area contributed by atoms with Gasteiger partial charge in [-0.25, -0.2) is 10.0 Å². The van der Waals surface area contributed by atoms with Gasteiger partial charge in [-0.05, 0) is 25.2 Å². The first-order valence-corrected chi connectivity index (χ1v) is 5.52. The summed E-state index contributed by atoms with van der Waals surface area (Å²) in [6, 6.07) is 6.22. The van der Waals surface area contributed by atoms with Crippen molar-refractivity contribution >= 4 is 34.8 Å². The molecule has 1 aromatic carbocycles. The van der Waals surface area contributed by atoms with Crippen LogP contribution in [0.15, 0.2) is 24.3 Å². The first-order chi connectivity index (χ1) is 8.54. The average molecular weight is 271 g/mol. The highest BCUT2D eigenvalue weighted by Crippen LogP contribution is 2.16. The summed E-state index contributed by atoms with van der Waals surface area (Å²) in [7, 11) is 0. The molecule has 0 spiro atoms. The van der Waals surface area contributed by atoms with Crippen LogP contribution in [0.25, 0.3) is 0 Å². The SMILES string of the molecule is CCOC(=O)NC(=S)Nc1ccccc1[NH+]([O-])O. The molecular weight excluding hydrogens is 258 g/mol. The summed E-state index contributed by atoms with van der Waals surface area (Å²) in [5, 5.41) is 23.7. The molecule has 0 fully saturated rings. The fraction of sp³-hybridized carbons (Fsp3) is 0.200. The van der Waals surface area contributed by atoms with Gasteiger partial charge in [0.25, 0.3) is 0 Å². The maximum absolute atomic E-state index is 11.1. The Kier molecular flexibility index (Phi) is 5.46. The Morgan fingerprint density at radius 1 is 1.56 bits per heavy atom. The van der Waals surface area contributed by atoms with E-state index in [1.807, 2.05) is 0 Å². The first-order valence-electron chi connectivity index (χ1n) is 5.11. The Morgan fingerprint density at radius 3 is 2.83 bits per heavy atom. The molecule has 8 heteroatoms. The number of para-hydroxylation sites is 2.